The molecule has 7 nitrogen and oxygen atoms in total. The second-order valence-corrected chi connectivity index (χ2v) is 5.08. The van der Waals surface area contributed by atoms with Gasteiger partial charge in [-0.1, -0.05) is 24.3 Å². The quantitative estimate of drug-likeness (QED) is 0.617. The van der Waals surface area contributed by atoms with Crippen LogP contribution in [-0.2, 0) is 19.1 Å². The van der Waals surface area contributed by atoms with Crippen molar-refractivity contribution in [2.45, 2.75) is 12.1 Å². The highest BCUT2D eigenvalue weighted by atomic mass is 16.5. The Labute approximate surface area is 120 Å². The fraction of sp³-hybridized carbons (Fsp3) is 0.429. The molecule has 4 atom stereocenters. The number of carbonyl (C=O) groups excluding carboxylic acids is 2. The number of nitroso groups, excluding NO2 is 1. The Morgan fingerprint density at radius 2 is 1.43 bits per heavy atom. The van der Waals surface area contributed by atoms with Crippen molar-refractivity contribution in [2.75, 3.05) is 14.2 Å². The summed E-state index contributed by atoms with van der Waals surface area (Å²) in [6.45, 7) is 0. The van der Waals surface area contributed by atoms with Crippen molar-refractivity contribution in [3.63, 3.8) is 0 Å². The van der Waals surface area contributed by atoms with Crippen molar-refractivity contribution in [3.05, 3.63) is 40.3 Å². The molecule has 3 rings (SSSR count). The highest BCUT2D eigenvalue weighted by Gasteiger charge is 2.63. The van der Waals surface area contributed by atoms with E-state index >= 15 is 0 Å². The Balaban J connectivity index is 2.16. The summed E-state index contributed by atoms with van der Waals surface area (Å²) in [6, 6.07) is 6.15. The van der Waals surface area contributed by atoms with Crippen LogP contribution in [0.3, 0.4) is 0 Å². The zero-order valence-electron chi connectivity index (χ0n) is 11.6. The highest BCUT2D eigenvalue weighted by molar-refractivity contribution is 5.85. The number of esters is 2. The van der Waals surface area contributed by atoms with Crippen molar-refractivity contribution in [3.8, 4) is 0 Å². The lowest BCUT2D eigenvalue weighted by atomic mass is 9.76. The number of benzene rings is 1. The van der Waals surface area contributed by atoms with Crippen LogP contribution >= 0.6 is 0 Å². The number of carbonyl (C=O) groups is 2. The average molecular weight is 290 g/mol. The van der Waals surface area contributed by atoms with E-state index < -0.39 is 35.9 Å². The van der Waals surface area contributed by atoms with Crippen LogP contribution < -0.4 is 0 Å². The van der Waals surface area contributed by atoms with Crippen LogP contribution in [0.5, 0.6) is 0 Å². The average Bonchev–Trinajstić information content (AvgIpc) is 3.03. The molecule has 7 heteroatoms. The van der Waals surface area contributed by atoms with Crippen LogP contribution in [-0.4, -0.2) is 31.2 Å². The summed E-state index contributed by atoms with van der Waals surface area (Å²) in [5.41, 5.74) is 1.66. The normalized spacial score (nSPS) is 29.0. The molecule has 1 aromatic rings. The first-order valence-electron chi connectivity index (χ1n) is 6.51. The molecule has 1 aromatic carbocycles. The van der Waals surface area contributed by atoms with Gasteiger partial charge in [0.25, 0.3) is 0 Å². The first kappa shape index (κ1) is 13.5. The van der Waals surface area contributed by atoms with Gasteiger partial charge in [0.05, 0.1) is 43.4 Å². The summed E-state index contributed by atoms with van der Waals surface area (Å²) in [6.07, 6.45) is 0. The molecule has 0 amide bonds. The van der Waals surface area contributed by atoms with Crippen LogP contribution in [0, 0.1) is 16.7 Å². The molecule has 1 fully saturated rings. The Morgan fingerprint density at radius 3 is 1.76 bits per heavy atom. The van der Waals surface area contributed by atoms with Crippen molar-refractivity contribution >= 4 is 11.9 Å². The summed E-state index contributed by atoms with van der Waals surface area (Å²) >= 11 is 0. The van der Waals surface area contributed by atoms with E-state index in [1.54, 1.807) is 0 Å². The molecule has 0 aromatic heterocycles. The van der Waals surface area contributed by atoms with Gasteiger partial charge in [-0.25, -0.2) is 5.01 Å². The molecule has 0 aliphatic carbocycles. The Kier molecular flexibility index (Phi) is 3.12. The Bertz CT molecular complexity index is 568. The summed E-state index contributed by atoms with van der Waals surface area (Å²) in [5, 5.41) is 4.30. The maximum absolute atomic E-state index is 12.1. The first-order chi connectivity index (χ1) is 10.2. The molecule has 2 aliphatic heterocycles. The summed E-state index contributed by atoms with van der Waals surface area (Å²) in [4.78, 5) is 35.4. The van der Waals surface area contributed by atoms with E-state index in [1.165, 1.54) is 19.2 Å². The molecular weight excluding hydrogens is 276 g/mol. The summed E-state index contributed by atoms with van der Waals surface area (Å²) in [7, 11) is 2.51. The SMILES string of the molecule is COC(=O)C1C(C(=O)OC)C2c3ccccc3C1N2N=O. The van der Waals surface area contributed by atoms with Crippen LogP contribution in [0.25, 0.3) is 0 Å². The maximum Gasteiger partial charge on any atom is 0.312 e. The Hall–Kier alpha value is -2.44. The molecular formula is C14H14N2O5. The predicted molar refractivity (Wildman–Crippen MR) is 70.6 cm³/mol. The third kappa shape index (κ3) is 1.66. The third-order valence-corrected chi connectivity index (χ3v) is 4.31. The smallest absolute Gasteiger partial charge is 0.312 e. The predicted octanol–water partition coefficient (Wildman–Crippen LogP) is 1.36. The molecule has 0 radical (unpaired) electrons. The van der Waals surface area contributed by atoms with E-state index in [0.717, 1.165) is 11.1 Å². The van der Waals surface area contributed by atoms with Gasteiger partial charge in [0.2, 0.25) is 0 Å². The first-order valence-corrected chi connectivity index (χ1v) is 6.51. The topological polar surface area (TPSA) is 85.3 Å². The van der Waals surface area contributed by atoms with E-state index in [1.807, 2.05) is 24.3 Å². The lowest BCUT2D eigenvalue weighted by molar-refractivity contribution is -0.157. The summed E-state index contributed by atoms with van der Waals surface area (Å²) < 4.78 is 9.60. The van der Waals surface area contributed by atoms with Gasteiger partial charge in [-0.2, -0.15) is 0 Å². The molecule has 0 spiro atoms. The number of fused-ring (bicyclic) bond motifs is 5. The molecule has 4 unspecified atom stereocenters. The fourth-order valence-corrected chi connectivity index (χ4v) is 3.54. The molecule has 21 heavy (non-hydrogen) atoms. The van der Waals surface area contributed by atoms with Gasteiger partial charge in [0.1, 0.15) is 0 Å². The number of methoxy groups -OCH3 is 2. The molecule has 0 saturated carbocycles. The highest BCUT2D eigenvalue weighted by Crippen LogP contribution is 2.59. The minimum absolute atomic E-state index is 0.541. The number of rotatable bonds is 3. The third-order valence-electron chi connectivity index (χ3n) is 4.31. The van der Waals surface area contributed by atoms with Crippen LogP contribution in [0.15, 0.2) is 29.6 Å². The maximum atomic E-state index is 12.1. The number of hydrogen-bond acceptors (Lipinski definition) is 6. The van der Waals surface area contributed by atoms with Gasteiger partial charge < -0.3 is 9.47 Å². The van der Waals surface area contributed by atoms with Crippen molar-refractivity contribution in [1.29, 1.82) is 0 Å². The molecule has 1 saturated heterocycles. The van der Waals surface area contributed by atoms with Gasteiger partial charge in [0.15, 0.2) is 0 Å². The zero-order valence-corrected chi connectivity index (χ0v) is 11.6. The van der Waals surface area contributed by atoms with Crippen LogP contribution in [0.2, 0.25) is 0 Å². The minimum atomic E-state index is -0.792. The van der Waals surface area contributed by atoms with Crippen LogP contribution in [0.1, 0.15) is 23.2 Å². The molecule has 0 N–H and O–H groups in total. The fourth-order valence-electron chi connectivity index (χ4n) is 3.54. The number of hydrogen-bond donors (Lipinski definition) is 0. The standard InChI is InChI=1S/C14H14N2O5/c1-20-13(17)9-10(14(18)21-2)12-8-6-4-3-5-7(8)11(9)16(12)15-19/h3-6,9-12H,1-2H3. The second kappa shape index (κ2) is 4.83. The van der Waals surface area contributed by atoms with Crippen LogP contribution in [0.4, 0.5) is 0 Å². The second-order valence-electron chi connectivity index (χ2n) is 5.08. The van der Waals surface area contributed by atoms with Gasteiger partial charge in [0, 0.05) is 0 Å². The van der Waals surface area contributed by atoms with Crippen molar-refractivity contribution in [2.24, 2.45) is 17.1 Å². The van der Waals surface area contributed by atoms with Gasteiger partial charge in [-0.3, -0.25) is 9.59 Å². The van der Waals surface area contributed by atoms with E-state index in [4.69, 9.17) is 9.47 Å². The zero-order chi connectivity index (χ0) is 15.1. The monoisotopic (exact) mass is 290 g/mol. The summed E-state index contributed by atoms with van der Waals surface area (Å²) in [5.74, 6) is -2.66. The lowest BCUT2D eigenvalue weighted by Gasteiger charge is -2.26. The van der Waals surface area contributed by atoms with E-state index in [9.17, 15) is 14.5 Å². The number of ether oxygens (including phenoxy) is 2. The lowest BCUT2D eigenvalue weighted by Crippen LogP contribution is -2.35. The minimum Gasteiger partial charge on any atom is -0.469 e. The van der Waals surface area contributed by atoms with E-state index in [2.05, 4.69) is 5.29 Å². The largest absolute Gasteiger partial charge is 0.469 e. The van der Waals surface area contributed by atoms with E-state index in [-0.39, 0.29) is 0 Å². The van der Waals surface area contributed by atoms with Gasteiger partial charge in [-0.05, 0) is 11.1 Å². The molecule has 2 bridgehead atoms. The van der Waals surface area contributed by atoms with Gasteiger partial charge in [-0.15, -0.1) is 4.91 Å². The molecule has 2 aliphatic rings. The van der Waals surface area contributed by atoms with Gasteiger partial charge >= 0.3 is 11.9 Å². The Morgan fingerprint density at radius 1 is 1.00 bits per heavy atom. The van der Waals surface area contributed by atoms with Crippen molar-refractivity contribution in [1.82, 2.24) is 5.01 Å². The van der Waals surface area contributed by atoms with Crippen molar-refractivity contribution < 1.29 is 19.1 Å². The molecule has 2 heterocycles. The molecule has 110 valence electrons. The van der Waals surface area contributed by atoms with E-state index in [0.29, 0.717) is 0 Å². The number of nitrogens with zero attached hydrogens (tertiary/aromatic N) is 2.